The quantitative estimate of drug-likeness (QED) is 0.640. The fraction of sp³-hybridized carbons (Fsp3) is 0.583. The van der Waals surface area contributed by atoms with Crippen LogP contribution in [0.3, 0.4) is 0 Å². The Bertz CT molecular complexity index is 987. The van der Waals surface area contributed by atoms with Crippen molar-refractivity contribution in [3.05, 3.63) is 34.3 Å². The van der Waals surface area contributed by atoms with Crippen molar-refractivity contribution in [2.45, 2.75) is 44.8 Å². The number of nitrogens with zero attached hydrogens (tertiary/aromatic N) is 4. The summed E-state index contributed by atoms with van der Waals surface area (Å²) in [5.74, 6) is -0.242. The van der Waals surface area contributed by atoms with Gasteiger partial charge in [-0.25, -0.2) is 0 Å². The van der Waals surface area contributed by atoms with Crippen molar-refractivity contribution in [1.82, 2.24) is 25.3 Å². The predicted octanol–water partition coefficient (Wildman–Crippen LogP) is 0.919. The maximum atomic E-state index is 13.2. The van der Waals surface area contributed by atoms with E-state index in [0.717, 1.165) is 51.0 Å². The molecule has 3 atom stereocenters. The molecule has 10 heteroatoms. The van der Waals surface area contributed by atoms with Gasteiger partial charge in [-0.15, -0.1) is 0 Å². The fourth-order valence-electron chi connectivity index (χ4n) is 5.26. The molecule has 1 aromatic rings. The SMILES string of the molecule is CC(=O)N1CCN(C2CCC3NCN(CC(=O)NCc4ccc(C#N)cc4Cl)C(=O)C3C2)CC1. The van der Waals surface area contributed by atoms with Crippen LogP contribution in [0.15, 0.2) is 18.2 Å². The van der Waals surface area contributed by atoms with E-state index in [0.29, 0.717) is 23.3 Å². The lowest BCUT2D eigenvalue weighted by molar-refractivity contribution is -0.146. The molecule has 4 rings (SSSR count). The van der Waals surface area contributed by atoms with Crippen LogP contribution in [0, 0.1) is 17.2 Å². The standard InChI is InChI=1S/C24H31ClN6O3/c1-16(32)29-6-8-30(9-7-29)19-4-5-22-20(11-19)24(34)31(15-28-22)14-23(33)27-13-18-3-2-17(12-26)10-21(18)25/h2-3,10,19-20,22,28H,4-9,11,13-15H2,1H3,(H,27,33). The Balaban J connectivity index is 1.29. The third-order valence-corrected chi connectivity index (χ3v) is 7.62. The molecule has 1 aliphatic carbocycles. The molecule has 34 heavy (non-hydrogen) atoms. The number of carbonyl (C=O) groups excluding carboxylic acids is 3. The van der Waals surface area contributed by atoms with Crippen molar-refractivity contribution < 1.29 is 14.4 Å². The number of fused-ring (bicyclic) bond motifs is 1. The summed E-state index contributed by atoms with van der Waals surface area (Å²) < 4.78 is 0. The van der Waals surface area contributed by atoms with Gasteiger partial charge in [-0.3, -0.25) is 24.6 Å². The van der Waals surface area contributed by atoms with Gasteiger partial charge >= 0.3 is 0 Å². The van der Waals surface area contributed by atoms with E-state index in [2.05, 4.69) is 15.5 Å². The van der Waals surface area contributed by atoms with Crippen molar-refractivity contribution >= 4 is 29.3 Å². The highest BCUT2D eigenvalue weighted by molar-refractivity contribution is 6.31. The topological polar surface area (TPSA) is 109 Å². The van der Waals surface area contributed by atoms with E-state index in [9.17, 15) is 14.4 Å². The van der Waals surface area contributed by atoms with Crippen molar-refractivity contribution in [1.29, 1.82) is 5.26 Å². The maximum absolute atomic E-state index is 13.2. The van der Waals surface area contributed by atoms with Crippen LogP contribution in [0.1, 0.15) is 37.3 Å². The summed E-state index contributed by atoms with van der Waals surface area (Å²) in [6.45, 7) is 5.36. The minimum absolute atomic E-state index is 0.00902. The van der Waals surface area contributed by atoms with Gasteiger partial charge in [-0.05, 0) is 37.0 Å². The molecule has 3 fully saturated rings. The normalized spacial score (nSPS) is 25.4. The number of benzene rings is 1. The smallest absolute Gasteiger partial charge is 0.239 e. The lowest BCUT2D eigenvalue weighted by atomic mass is 9.79. The number of carbonyl (C=O) groups is 3. The van der Waals surface area contributed by atoms with Crippen molar-refractivity contribution in [2.24, 2.45) is 5.92 Å². The molecule has 2 heterocycles. The highest BCUT2D eigenvalue weighted by Gasteiger charge is 2.42. The molecular formula is C24H31ClN6O3. The lowest BCUT2D eigenvalue weighted by Crippen LogP contribution is -2.62. The number of halogens is 1. The monoisotopic (exact) mass is 486 g/mol. The Kier molecular flexibility index (Phi) is 7.71. The molecule has 2 N–H and O–H groups in total. The Morgan fingerprint density at radius 1 is 1.24 bits per heavy atom. The minimum Gasteiger partial charge on any atom is -0.350 e. The largest absolute Gasteiger partial charge is 0.350 e. The number of nitrogens with one attached hydrogen (secondary N) is 2. The Morgan fingerprint density at radius 3 is 2.68 bits per heavy atom. The molecule has 2 aliphatic heterocycles. The number of nitriles is 1. The van der Waals surface area contributed by atoms with Gasteiger partial charge in [-0.2, -0.15) is 5.26 Å². The molecule has 0 bridgehead atoms. The van der Waals surface area contributed by atoms with Crippen molar-refractivity contribution in [3.63, 3.8) is 0 Å². The number of hydrogen-bond donors (Lipinski definition) is 2. The highest BCUT2D eigenvalue weighted by atomic mass is 35.5. The molecule has 9 nitrogen and oxygen atoms in total. The van der Waals surface area contributed by atoms with Gasteiger partial charge in [0.2, 0.25) is 17.7 Å². The third-order valence-electron chi connectivity index (χ3n) is 7.26. The van der Waals surface area contributed by atoms with E-state index >= 15 is 0 Å². The molecule has 3 amide bonds. The zero-order valence-corrected chi connectivity index (χ0v) is 20.2. The summed E-state index contributed by atoms with van der Waals surface area (Å²) in [5, 5.41) is 15.6. The highest BCUT2D eigenvalue weighted by Crippen LogP contribution is 2.32. The number of amides is 3. The van der Waals surface area contributed by atoms with Crippen LogP contribution in [0.5, 0.6) is 0 Å². The van der Waals surface area contributed by atoms with Crippen molar-refractivity contribution in [2.75, 3.05) is 39.4 Å². The zero-order valence-electron chi connectivity index (χ0n) is 19.4. The Morgan fingerprint density at radius 2 is 2.00 bits per heavy atom. The predicted molar refractivity (Wildman–Crippen MR) is 126 cm³/mol. The maximum Gasteiger partial charge on any atom is 0.239 e. The molecule has 1 aromatic carbocycles. The number of rotatable bonds is 5. The fourth-order valence-corrected chi connectivity index (χ4v) is 5.50. The van der Waals surface area contributed by atoms with Crippen LogP contribution in [-0.2, 0) is 20.9 Å². The summed E-state index contributed by atoms with van der Waals surface area (Å²) in [4.78, 5) is 43.3. The molecule has 3 unspecified atom stereocenters. The second-order valence-electron chi connectivity index (χ2n) is 9.32. The van der Waals surface area contributed by atoms with Gasteiger partial charge in [0, 0.05) is 56.8 Å². The average molecular weight is 487 g/mol. The van der Waals surface area contributed by atoms with E-state index in [4.69, 9.17) is 16.9 Å². The number of piperazine rings is 1. The van der Waals surface area contributed by atoms with Crippen LogP contribution in [0.25, 0.3) is 0 Å². The van der Waals surface area contributed by atoms with Gasteiger partial charge in [0.05, 0.1) is 24.2 Å². The first kappa shape index (κ1) is 24.5. The molecule has 0 aromatic heterocycles. The first-order chi connectivity index (χ1) is 16.4. The van der Waals surface area contributed by atoms with Crippen LogP contribution in [0.4, 0.5) is 0 Å². The summed E-state index contributed by atoms with van der Waals surface area (Å²) in [5.41, 5.74) is 1.18. The molecule has 182 valence electrons. The minimum atomic E-state index is -0.248. The molecule has 2 saturated heterocycles. The van der Waals surface area contributed by atoms with E-state index in [-0.39, 0.29) is 42.8 Å². The average Bonchev–Trinajstić information content (AvgIpc) is 2.85. The summed E-state index contributed by atoms with van der Waals surface area (Å²) in [6.07, 6.45) is 2.74. The van der Waals surface area contributed by atoms with Gasteiger partial charge in [0.15, 0.2) is 0 Å². The zero-order chi connectivity index (χ0) is 24.2. The van der Waals surface area contributed by atoms with Crippen LogP contribution < -0.4 is 10.6 Å². The van der Waals surface area contributed by atoms with Gasteiger partial charge < -0.3 is 15.1 Å². The molecular weight excluding hydrogens is 456 g/mol. The van der Waals surface area contributed by atoms with E-state index in [1.165, 1.54) is 0 Å². The van der Waals surface area contributed by atoms with Crippen molar-refractivity contribution in [3.8, 4) is 6.07 Å². The van der Waals surface area contributed by atoms with Crippen LogP contribution >= 0.6 is 11.6 Å². The van der Waals surface area contributed by atoms with E-state index < -0.39 is 0 Å². The lowest BCUT2D eigenvalue weighted by Gasteiger charge is -2.47. The molecule has 3 aliphatic rings. The number of hydrogen-bond acceptors (Lipinski definition) is 6. The van der Waals surface area contributed by atoms with Gasteiger partial charge in [0.1, 0.15) is 6.54 Å². The van der Waals surface area contributed by atoms with E-state index in [1.54, 1.807) is 30.0 Å². The Hall–Kier alpha value is -2.67. The van der Waals surface area contributed by atoms with Gasteiger partial charge in [0.25, 0.3) is 0 Å². The first-order valence-electron chi connectivity index (χ1n) is 11.8. The summed E-state index contributed by atoms with van der Waals surface area (Å²) >= 11 is 6.18. The molecule has 0 spiro atoms. The van der Waals surface area contributed by atoms with Gasteiger partial charge in [-0.1, -0.05) is 17.7 Å². The second kappa shape index (κ2) is 10.7. The summed E-state index contributed by atoms with van der Waals surface area (Å²) in [6, 6.07) is 7.46. The van der Waals surface area contributed by atoms with Crippen LogP contribution in [-0.4, -0.2) is 83.9 Å². The third kappa shape index (κ3) is 5.52. The van der Waals surface area contributed by atoms with Crippen LogP contribution in [0.2, 0.25) is 5.02 Å². The molecule has 1 saturated carbocycles. The summed E-state index contributed by atoms with van der Waals surface area (Å²) in [7, 11) is 0. The Labute approximate surface area is 205 Å². The second-order valence-corrected chi connectivity index (χ2v) is 9.72. The first-order valence-corrected chi connectivity index (χ1v) is 12.2. The van der Waals surface area contributed by atoms with E-state index in [1.807, 2.05) is 11.0 Å². The molecule has 0 radical (unpaired) electrons.